The molecule has 2 N–H and O–H groups in total. The van der Waals surface area contributed by atoms with E-state index in [1.807, 2.05) is 17.1 Å². The molecule has 19 heavy (non-hydrogen) atoms. The van der Waals surface area contributed by atoms with Crippen molar-refractivity contribution in [2.45, 2.75) is 0 Å². The molecule has 6 nitrogen and oxygen atoms in total. The zero-order valence-electron chi connectivity index (χ0n) is 10.9. The van der Waals surface area contributed by atoms with E-state index >= 15 is 0 Å². The van der Waals surface area contributed by atoms with Gasteiger partial charge in [0.25, 0.3) is 5.91 Å². The lowest BCUT2D eigenvalue weighted by Crippen LogP contribution is -2.52. The predicted molar refractivity (Wildman–Crippen MR) is 72.6 cm³/mol. The van der Waals surface area contributed by atoms with Crippen molar-refractivity contribution in [2.24, 2.45) is 0 Å². The van der Waals surface area contributed by atoms with Gasteiger partial charge in [0.2, 0.25) is 0 Å². The molecule has 0 atom stereocenters. The summed E-state index contributed by atoms with van der Waals surface area (Å²) in [6.07, 6.45) is 1.63. The third-order valence-corrected chi connectivity index (χ3v) is 3.45. The highest BCUT2D eigenvalue weighted by atomic mass is 16.2. The van der Waals surface area contributed by atoms with E-state index in [2.05, 4.69) is 27.3 Å². The molecule has 1 amide bonds. The summed E-state index contributed by atoms with van der Waals surface area (Å²) in [7, 11) is 2.09. The van der Waals surface area contributed by atoms with Gasteiger partial charge in [0.1, 0.15) is 0 Å². The normalized spacial score (nSPS) is 17.7. The average molecular weight is 259 g/mol. The molecule has 1 aliphatic heterocycles. The molecule has 1 aromatic heterocycles. The Morgan fingerprint density at radius 3 is 2.89 bits per heavy atom. The molecular weight excluding hydrogens is 242 g/mol. The number of imidazole rings is 1. The number of hydrogen-bond donors (Lipinski definition) is 2. The van der Waals surface area contributed by atoms with E-state index in [4.69, 9.17) is 0 Å². The Morgan fingerprint density at radius 2 is 2.11 bits per heavy atom. The number of carbonyl (C=O) groups excluding carboxylic acids is 1. The van der Waals surface area contributed by atoms with Gasteiger partial charge in [0.05, 0.1) is 17.4 Å². The quantitative estimate of drug-likeness (QED) is 0.822. The second kappa shape index (κ2) is 4.99. The Labute approximate surface area is 111 Å². The van der Waals surface area contributed by atoms with E-state index in [0.717, 1.165) is 37.2 Å². The Balaban J connectivity index is 1.69. The minimum absolute atomic E-state index is 0.0685. The fraction of sp³-hybridized carbons (Fsp3) is 0.385. The Hall–Kier alpha value is -1.92. The SMILES string of the molecule is CN1CCN(NC(=O)c2ccc3nc[nH]c3c2)CC1. The minimum atomic E-state index is -0.0685. The molecule has 0 bridgehead atoms. The number of likely N-dealkylation sites (N-methyl/N-ethyl adjacent to an activating group) is 1. The van der Waals surface area contributed by atoms with Crippen molar-refractivity contribution < 1.29 is 4.79 Å². The molecule has 2 heterocycles. The molecule has 6 heteroatoms. The number of hydrogen-bond acceptors (Lipinski definition) is 4. The maximum absolute atomic E-state index is 12.2. The fourth-order valence-corrected chi connectivity index (χ4v) is 2.20. The number of hydrazine groups is 1. The second-order valence-corrected chi connectivity index (χ2v) is 4.87. The zero-order chi connectivity index (χ0) is 13.2. The van der Waals surface area contributed by atoms with Crippen molar-refractivity contribution >= 4 is 16.9 Å². The molecule has 0 saturated carbocycles. The van der Waals surface area contributed by atoms with E-state index in [1.165, 1.54) is 0 Å². The maximum atomic E-state index is 12.2. The van der Waals surface area contributed by atoms with Gasteiger partial charge in [0.15, 0.2) is 0 Å². The van der Waals surface area contributed by atoms with Gasteiger partial charge in [-0.25, -0.2) is 9.99 Å². The number of carbonyl (C=O) groups is 1. The van der Waals surface area contributed by atoms with Crippen LogP contribution in [0.4, 0.5) is 0 Å². The second-order valence-electron chi connectivity index (χ2n) is 4.87. The largest absolute Gasteiger partial charge is 0.345 e. The highest BCUT2D eigenvalue weighted by molar-refractivity contribution is 5.96. The molecule has 0 radical (unpaired) electrons. The predicted octanol–water partition coefficient (Wildman–Crippen LogP) is 0.455. The number of amides is 1. The summed E-state index contributed by atoms with van der Waals surface area (Å²) in [4.78, 5) is 21.6. The van der Waals surface area contributed by atoms with Crippen LogP contribution in [-0.4, -0.2) is 59.0 Å². The van der Waals surface area contributed by atoms with Crippen LogP contribution in [0.2, 0.25) is 0 Å². The molecule has 100 valence electrons. The number of aromatic nitrogens is 2. The Morgan fingerprint density at radius 1 is 1.32 bits per heavy atom. The first-order valence-corrected chi connectivity index (χ1v) is 6.40. The molecular formula is C13H17N5O. The summed E-state index contributed by atoms with van der Waals surface area (Å²) in [6, 6.07) is 5.48. The summed E-state index contributed by atoms with van der Waals surface area (Å²) in [5, 5.41) is 1.97. The van der Waals surface area contributed by atoms with Gasteiger partial charge in [-0.1, -0.05) is 0 Å². The van der Waals surface area contributed by atoms with E-state index in [9.17, 15) is 4.79 Å². The lowest BCUT2D eigenvalue weighted by atomic mass is 10.2. The van der Waals surface area contributed by atoms with Crippen LogP contribution >= 0.6 is 0 Å². The van der Waals surface area contributed by atoms with Crippen LogP contribution in [0.15, 0.2) is 24.5 Å². The van der Waals surface area contributed by atoms with Gasteiger partial charge in [0, 0.05) is 31.7 Å². The molecule has 1 fully saturated rings. The average Bonchev–Trinajstić information content (AvgIpc) is 2.88. The van der Waals surface area contributed by atoms with Crippen molar-refractivity contribution in [1.29, 1.82) is 0 Å². The molecule has 1 saturated heterocycles. The topological polar surface area (TPSA) is 64.3 Å². The van der Waals surface area contributed by atoms with E-state index in [1.54, 1.807) is 12.4 Å². The lowest BCUT2D eigenvalue weighted by Gasteiger charge is -2.32. The number of rotatable bonds is 2. The number of benzene rings is 1. The smallest absolute Gasteiger partial charge is 0.265 e. The molecule has 1 aromatic carbocycles. The van der Waals surface area contributed by atoms with Gasteiger partial charge in [-0.2, -0.15) is 0 Å². The summed E-state index contributed by atoms with van der Waals surface area (Å²) in [5.41, 5.74) is 5.35. The van der Waals surface area contributed by atoms with E-state index in [0.29, 0.717) is 5.56 Å². The highest BCUT2D eigenvalue weighted by Gasteiger charge is 2.16. The van der Waals surface area contributed by atoms with Crippen LogP contribution in [0.3, 0.4) is 0 Å². The summed E-state index contributed by atoms with van der Waals surface area (Å²) in [5.74, 6) is -0.0685. The first-order chi connectivity index (χ1) is 9.22. The minimum Gasteiger partial charge on any atom is -0.345 e. The number of nitrogens with zero attached hydrogens (tertiary/aromatic N) is 3. The molecule has 0 spiro atoms. The van der Waals surface area contributed by atoms with Crippen LogP contribution in [-0.2, 0) is 0 Å². The standard InChI is InChI=1S/C13H17N5O/c1-17-4-6-18(7-5-17)16-13(19)10-2-3-11-12(8-10)15-9-14-11/h2-3,8-9H,4-7H2,1H3,(H,14,15)(H,16,19). The number of aromatic amines is 1. The maximum Gasteiger partial charge on any atom is 0.265 e. The van der Waals surface area contributed by atoms with Gasteiger partial charge in [-0.05, 0) is 25.2 Å². The van der Waals surface area contributed by atoms with E-state index in [-0.39, 0.29) is 5.91 Å². The van der Waals surface area contributed by atoms with Crippen LogP contribution in [0.25, 0.3) is 11.0 Å². The monoisotopic (exact) mass is 259 g/mol. The van der Waals surface area contributed by atoms with Crippen LogP contribution in [0.1, 0.15) is 10.4 Å². The molecule has 3 rings (SSSR count). The number of nitrogens with one attached hydrogen (secondary N) is 2. The summed E-state index contributed by atoms with van der Waals surface area (Å²) >= 11 is 0. The van der Waals surface area contributed by atoms with Crippen molar-refractivity contribution in [3.63, 3.8) is 0 Å². The highest BCUT2D eigenvalue weighted by Crippen LogP contribution is 2.11. The van der Waals surface area contributed by atoms with Crippen molar-refractivity contribution in [2.75, 3.05) is 33.2 Å². The number of piperazine rings is 1. The third kappa shape index (κ3) is 2.59. The number of H-pyrrole nitrogens is 1. The Kier molecular flexibility index (Phi) is 3.18. The van der Waals surface area contributed by atoms with Crippen LogP contribution < -0.4 is 5.43 Å². The summed E-state index contributed by atoms with van der Waals surface area (Å²) in [6.45, 7) is 3.66. The van der Waals surface area contributed by atoms with Gasteiger partial charge >= 0.3 is 0 Å². The van der Waals surface area contributed by atoms with E-state index < -0.39 is 0 Å². The van der Waals surface area contributed by atoms with Crippen LogP contribution in [0, 0.1) is 0 Å². The van der Waals surface area contributed by atoms with Gasteiger partial charge in [-0.3, -0.25) is 10.2 Å². The summed E-state index contributed by atoms with van der Waals surface area (Å²) < 4.78 is 0. The third-order valence-electron chi connectivity index (χ3n) is 3.45. The van der Waals surface area contributed by atoms with Gasteiger partial charge in [-0.15, -0.1) is 0 Å². The van der Waals surface area contributed by atoms with Crippen molar-refractivity contribution in [3.8, 4) is 0 Å². The molecule has 2 aromatic rings. The molecule has 1 aliphatic rings. The molecule has 0 aliphatic carbocycles. The first kappa shape index (κ1) is 12.1. The zero-order valence-corrected chi connectivity index (χ0v) is 10.9. The number of fused-ring (bicyclic) bond motifs is 1. The Bertz CT molecular complexity index is 585. The fourth-order valence-electron chi connectivity index (χ4n) is 2.20. The first-order valence-electron chi connectivity index (χ1n) is 6.40. The van der Waals surface area contributed by atoms with Crippen molar-refractivity contribution in [1.82, 2.24) is 25.3 Å². The van der Waals surface area contributed by atoms with Gasteiger partial charge < -0.3 is 9.88 Å². The van der Waals surface area contributed by atoms with Crippen LogP contribution in [0.5, 0.6) is 0 Å². The van der Waals surface area contributed by atoms with Crippen molar-refractivity contribution in [3.05, 3.63) is 30.1 Å². The molecule has 0 unspecified atom stereocenters. The lowest BCUT2D eigenvalue weighted by molar-refractivity contribution is 0.0662.